The Morgan fingerprint density at radius 3 is 2.28 bits per heavy atom. The van der Waals surface area contributed by atoms with E-state index in [1.165, 1.54) is 0 Å². The highest BCUT2D eigenvalue weighted by Crippen LogP contribution is 2.23. The van der Waals surface area contributed by atoms with Crippen LogP contribution in [0.5, 0.6) is 5.75 Å². The number of ether oxygens (including phenoxy) is 2. The molecule has 184 valence electrons. The van der Waals surface area contributed by atoms with Crippen LogP contribution in [0.25, 0.3) is 0 Å². The average Bonchev–Trinajstić information content (AvgIpc) is 2.89. The van der Waals surface area contributed by atoms with Crippen molar-refractivity contribution in [3.8, 4) is 17.6 Å². The Balaban J connectivity index is 1.39. The number of benzene rings is 2. The van der Waals surface area contributed by atoms with E-state index in [1.54, 1.807) is 25.4 Å². The first-order chi connectivity index (χ1) is 17.5. The minimum absolute atomic E-state index is 0.324. The molecular formula is C29H30N4O3. The Labute approximate surface area is 212 Å². The number of carbonyl (C=O) groups is 1. The van der Waals surface area contributed by atoms with Crippen LogP contribution in [0.15, 0.2) is 83.3 Å². The van der Waals surface area contributed by atoms with Gasteiger partial charge in [-0.15, -0.1) is 0 Å². The predicted octanol–water partition coefficient (Wildman–Crippen LogP) is 6.66. The molecule has 0 saturated carbocycles. The molecule has 0 aliphatic carbocycles. The van der Waals surface area contributed by atoms with Gasteiger partial charge in [0.15, 0.2) is 0 Å². The van der Waals surface area contributed by atoms with E-state index in [0.29, 0.717) is 24.6 Å². The highest BCUT2D eigenvalue weighted by Gasteiger charge is 2.02. The highest BCUT2D eigenvalue weighted by atomic mass is 16.5. The lowest BCUT2D eigenvalue weighted by atomic mass is 10.1. The van der Waals surface area contributed by atoms with Gasteiger partial charge >= 0.3 is 5.97 Å². The molecule has 7 nitrogen and oxygen atoms in total. The van der Waals surface area contributed by atoms with E-state index in [9.17, 15) is 4.79 Å². The van der Waals surface area contributed by atoms with Crippen LogP contribution in [0.2, 0.25) is 0 Å². The number of carbonyl (C=O) groups excluding carboxylic acids is 1. The van der Waals surface area contributed by atoms with Crippen molar-refractivity contribution in [2.45, 2.75) is 39.5 Å². The molecule has 0 spiro atoms. The minimum Gasteiger partial charge on any atom is -0.494 e. The van der Waals surface area contributed by atoms with Crippen molar-refractivity contribution < 1.29 is 14.3 Å². The smallest absolute Gasteiger partial charge is 0.333 e. The van der Waals surface area contributed by atoms with Crippen LogP contribution in [-0.2, 0) is 9.53 Å². The molecule has 36 heavy (non-hydrogen) atoms. The molecule has 7 heteroatoms. The molecule has 0 fully saturated rings. The number of rotatable bonds is 11. The normalized spacial score (nSPS) is 10.5. The number of aromatic nitrogens is 2. The summed E-state index contributed by atoms with van der Waals surface area (Å²) in [5, 5.41) is 8.65. The van der Waals surface area contributed by atoms with Crippen LogP contribution in [0.3, 0.4) is 0 Å². The van der Waals surface area contributed by atoms with Crippen LogP contribution >= 0.6 is 0 Å². The maximum atomic E-state index is 11.3. The third kappa shape index (κ3) is 9.15. The van der Waals surface area contributed by atoms with Crippen LogP contribution in [0.1, 0.15) is 49.6 Å². The van der Waals surface area contributed by atoms with Crippen molar-refractivity contribution in [2.24, 2.45) is 10.2 Å². The standard InChI is InChI=1S/C29H30N4O3/c1-22(2)29(34)36-20-7-5-4-6-19-35-27-14-12-25(13-15-27)32-33-26-11-9-24(23(3)21-26)10-16-28-30-17-8-18-31-28/h8-9,11-15,17-18,21H,1,4-7,19-20H2,2-3H3/b33-32+. The zero-order chi connectivity index (χ0) is 25.6. The van der Waals surface area contributed by atoms with Crippen LogP contribution < -0.4 is 4.74 Å². The van der Waals surface area contributed by atoms with E-state index >= 15 is 0 Å². The Morgan fingerprint density at radius 1 is 0.917 bits per heavy atom. The summed E-state index contributed by atoms with van der Waals surface area (Å²) in [6.07, 6.45) is 7.12. The fourth-order valence-electron chi connectivity index (χ4n) is 3.10. The van der Waals surface area contributed by atoms with Crippen molar-refractivity contribution in [3.05, 3.63) is 90.0 Å². The van der Waals surface area contributed by atoms with Crippen LogP contribution in [-0.4, -0.2) is 29.2 Å². The molecule has 1 heterocycles. The zero-order valence-corrected chi connectivity index (χ0v) is 20.7. The largest absolute Gasteiger partial charge is 0.494 e. The number of hydrogen-bond acceptors (Lipinski definition) is 7. The van der Waals surface area contributed by atoms with E-state index in [-0.39, 0.29) is 5.97 Å². The molecule has 0 amide bonds. The van der Waals surface area contributed by atoms with Crippen molar-refractivity contribution in [1.82, 2.24) is 9.97 Å². The maximum absolute atomic E-state index is 11.3. The topological polar surface area (TPSA) is 86.0 Å². The number of esters is 1. The van der Waals surface area contributed by atoms with E-state index in [0.717, 1.165) is 53.9 Å². The zero-order valence-electron chi connectivity index (χ0n) is 20.7. The van der Waals surface area contributed by atoms with Crippen molar-refractivity contribution in [3.63, 3.8) is 0 Å². The predicted molar refractivity (Wildman–Crippen MR) is 140 cm³/mol. The van der Waals surface area contributed by atoms with Crippen molar-refractivity contribution >= 4 is 17.3 Å². The molecular weight excluding hydrogens is 452 g/mol. The first kappa shape index (κ1) is 26.3. The molecule has 0 unspecified atom stereocenters. The quantitative estimate of drug-likeness (QED) is 0.100. The van der Waals surface area contributed by atoms with Gasteiger partial charge in [-0.2, -0.15) is 10.2 Å². The van der Waals surface area contributed by atoms with Gasteiger partial charge in [0, 0.05) is 23.5 Å². The first-order valence-electron chi connectivity index (χ1n) is 11.9. The molecule has 0 bridgehead atoms. The summed E-state index contributed by atoms with van der Waals surface area (Å²) in [6, 6.07) is 15.0. The summed E-state index contributed by atoms with van der Waals surface area (Å²) < 4.78 is 10.9. The van der Waals surface area contributed by atoms with E-state index in [4.69, 9.17) is 9.47 Å². The fraction of sp³-hybridized carbons (Fsp3) is 0.276. The molecule has 2 aromatic carbocycles. The molecule has 0 atom stereocenters. The van der Waals surface area contributed by atoms with Crippen LogP contribution in [0, 0.1) is 18.8 Å². The van der Waals surface area contributed by atoms with E-state index < -0.39 is 0 Å². The van der Waals surface area contributed by atoms with Gasteiger partial charge in [0.05, 0.1) is 24.6 Å². The third-order valence-electron chi connectivity index (χ3n) is 5.09. The lowest BCUT2D eigenvalue weighted by molar-refractivity contribution is -0.139. The number of nitrogens with zero attached hydrogens (tertiary/aromatic N) is 4. The Hall–Kier alpha value is -4.31. The summed E-state index contributed by atoms with van der Waals surface area (Å²) in [5.41, 5.74) is 3.83. The Kier molecular flexibility index (Phi) is 10.4. The van der Waals surface area contributed by atoms with Gasteiger partial charge in [0.2, 0.25) is 5.82 Å². The Bertz CT molecular complexity index is 1240. The molecule has 0 radical (unpaired) electrons. The Morgan fingerprint density at radius 2 is 1.58 bits per heavy atom. The second kappa shape index (κ2) is 14.2. The highest BCUT2D eigenvalue weighted by molar-refractivity contribution is 5.86. The molecule has 3 aromatic rings. The average molecular weight is 483 g/mol. The summed E-state index contributed by atoms with van der Waals surface area (Å²) in [6.45, 7) is 8.27. The molecule has 0 N–H and O–H groups in total. The number of azo groups is 1. The number of hydrogen-bond donors (Lipinski definition) is 0. The monoisotopic (exact) mass is 482 g/mol. The number of unbranched alkanes of at least 4 members (excludes halogenated alkanes) is 3. The van der Waals surface area contributed by atoms with Crippen molar-refractivity contribution in [1.29, 1.82) is 0 Å². The second-order valence-electron chi connectivity index (χ2n) is 8.19. The second-order valence-corrected chi connectivity index (χ2v) is 8.19. The first-order valence-corrected chi connectivity index (χ1v) is 11.9. The lowest BCUT2D eigenvalue weighted by Crippen LogP contribution is -2.06. The maximum Gasteiger partial charge on any atom is 0.333 e. The van der Waals surface area contributed by atoms with Gasteiger partial charge < -0.3 is 9.47 Å². The molecule has 0 aliphatic rings. The van der Waals surface area contributed by atoms with E-state index in [2.05, 4.69) is 38.6 Å². The number of aryl methyl sites for hydroxylation is 1. The minimum atomic E-state index is -0.324. The van der Waals surface area contributed by atoms with Crippen LogP contribution in [0.4, 0.5) is 11.4 Å². The van der Waals surface area contributed by atoms with Gasteiger partial charge in [0.25, 0.3) is 0 Å². The molecule has 3 rings (SSSR count). The SMILES string of the molecule is C=C(C)C(=O)OCCCCCCOc1ccc(/N=N/c2ccc(C#Cc3ncccn3)c(C)c2)cc1. The van der Waals surface area contributed by atoms with Gasteiger partial charge in [-0.3, -0.25) is 0 Å². The summed E-state index contributed by atoms with van der Waals surface area (Å²) in [5.74, 6) is 7.02. The lowest BCUT2D eigenvalue weighted by Gasteiger charge is -2.07. The van der Waals surface area contributed by atoms with Crippen molar-refractivity contribution in [2.75, 3.05) is 13.2 Å². The van der Waals surface area contributed by atoms with Gasteiger partial charge in [-0.05, 0) is 99.5 Å². The molecule has 1 aromatic heterocycles. The van der Waals surface area contributed by atoms with Gasteiger partial charge in [0.1, 0.15) is 5.75 Å². The van der Waals surface area contributed by atoms with Gasteiger partial charge in [-0.25, -0.2) is 14.8 Å². The van der Waals surface area contributed by atoms with E-state index in [1.807, 2.05) is 49.4 Å². The van der Waals surface area contributed by atoms with Gasteiger partial charge in [-0.1, -0.05) is 12.5 Å². The molecule has 0 aliphatic heterocycles. The third-order valence-corrected chi connectivity index (χ3v) is 5.09. The summed E-state index contributed by atoms with van der Waals surface area (Å²) in [7, 11) is 0. The summed E-state index contributed by atoms with van der Waals surface area (Å²) in [4.78, 5) is 19.5. The fourth-order valence-corrected chi connectivity index (χ4v) is 3.10. The molecule has 0 saturated heterocycles. The summed E-state index contributed by atoms with van der Waals surface area (Å²) >= 11 is 0.